The number of ether oxygens (including phenoxy) is 1. The van der Waals surface area contributed by atoms with E-state index >= 15 is 0 Å². The molecule has 86 valence electrons. The largest absolute Gasteiger partial charge is 0.464 e. The van der Waals surface area contributed by atoms with E-state index in [2.05, 4.69) is 9.72 Å². The fraction of sp³-hybridized carbons (Fsp3) is 0.0769. The molecular weight excluding hydrogens is 221 g/mol. The van der Waals surface area contributed by atoms with Crippen molar-refractivity contribution in [2.75, 3.05) is 7.11 Å². The molecule has 3 nitrogen and oxygen atoms in total. The summed E-state index contributed by atoms with van der Waals surface area (Å²) in [5, 5.41) is 0. The third kappa shape index (κ3) is 2.30. The monoisotopic (exact) mass is 231 g/mol. The number of pyridine rings is 1. The minimum atomic E-state index is -0.509. The maximum Gasteiger partial charge on any atom is 0.356 e. The van der Waals surface area contributed by atoms with Gasteiger partial charge in [-0.15, -0.1) is 0 Å². The summed E-state index contributed by atoms with van der Waals surface area (Å²) < 4.78 is 18.0. The standard InChI is InChI=1S/C13H10FNO2/c1-17-13(16)12-7-6-9(8-15-12)10-4-2-3-5-11(10)14/h2-8H,1H3. The van der Waals surface area contributed by atoms with E-state index in [9.17, 15) is 9.18 Å². The van der Waals surface area contributed by atoms with E-state index < -0.39 is 5.97 Å². The van der Waals surface area contributed by atoms with E-state index in [1.54, 1.807) is 24.3 Å². The van der Waals surface area contributed by atoms with Gasteiger partial charge in [-0.05, 0) is 12.1 Å². The lowest BCUT2D eigenvalue weighted by atomic mass is 10.1. The SMILES string of the molecule is COC(=O)c1ccc(-c2ccccc2F)cn1. The number of halogens is 1. The predicted molar refractivity (Wildman–Crippen MR) is 61.0 cm³/mol. The van der Waals surface area contributed by atoms with Crippen LogP contribution in [0.3, 0.4) is 0 Å². The molecule has 0 aliphatic rings. The molecule has 17 heavy (non-hydrogen) atoms. The lowest BCUT2D eigenvalue weighted by Crippen LogP contribution is -2.03. The second kappa shape index (κ2) is 4.74. The highest BCUT2D eigenvalue weighted by atomic mass is 19.1. The van der Waals surface area contributed by atoms with Crippen LogP contribution in [0, 0.1) is 5.82 Å². The minimum absolute atomic E-state index is 0.201. The first-order chi connectivity index (χ1) is 8.22. The fourth-order valence-electron chi connectivity index (χ4n) is 1.47. The molecule has 0 amide bonds. The molecule has 4 heteroatoms. The van der Waals surface area contributed by atoms with Crippen molar-refractivity contribution < 1.29 is 13.9 Å². The highest BCUT2D eigenvalue weighted by Gasteiger charge is 2.08. The first-order valence-electron chi connectivity index (χ1n) is 5.01. The van der Waals surface area contributed by atoms with Crippen LogP contribution in [0.25, 0.3) is 11.1 Å². The minimum Gasteiger partial charge on any atom is -0.464 e. The highest BCUT2D eigenvalue weighted by Crippen LogP contribution is 2.21. The molecule has 0 N–H and O–H groups in total. The van der Waals surface area contributed by atoms with Crippen molar-refractivity contribution in [2.24, 2.45) is 0 Å². The molecular formula is C13H10FNO2. The number of esters is 1. The zero-order valence-electron chi connectivity index (χ0n) is 9.18. The van der Waals surface area contributed by atoms with Gasteiger partial charge in [-0.1, -0.05) is 24.3 Å². The van der Waals surface area contributed by atoms with Gasteiger partial charge in [0.15, 0.2) is 0 Å². The summed E-state index contributed by atoms with van der Waals surface area (Å²) in [5.74, 6) is -0.829. The predicted octanol–water partition coefficient (Wildman–Crippen LogP) is 2.67. The normalized spacial score (nSPS) is 10.0. The Bertz CT molecular complexity index is 537. The molecule has 0 atom stereocenters. The van der Waals surface area contributed by atoms with E-state index in [4.69, 9.17) is 0 Å². The van der Waals surface area contributed by atoms with Gasteiger partial charge in [0, 0.05) is 17.3 Å². The second-order valence-corrected chi connectivity index (χ2v) is 3.40. The van der Waals surface area contributed by atoms with Gasteiger partial charge >= 0.3 is 5.97 Å². The number of carbonyl (C=O) groups is 1. The van der Waals surface area contributed by atoms with E-state index in [1.165, 1.54) is 25.4 Å². The zero-order valence-corrected chi connectivity index (χ0v) is 9.18. The Morgan fingerprint density at radius 3 is 2.59 bits per heavy atom. The van der Waals surface area contributed by atoms with E-state index in [-0.39, 0.29) is 11.5 Å². The van der Waals surface area contributed by atoms with Gasteiger partial charge in [0.25, 0.3) is 0 Å². The van der Waals surface area contributed by atoms with Crippen molar-refractivity contribution >= 4 is 5.97 Å². The molecule has 0 aliphatic carbocycles. The summed E-state index contributed by atoms with van der Waals surface area (Å²) in [6.45, 7) is 0. The zero-order chi connectivity index (χ0) is 12.3. The summed E-state index contributed by atoms with van der Waals surface area (Å²) in [6, 6.07) is 9.54. The van der Waals surface area contributed by atoms with Crippen LogP contribution in [-0.4, -0.2) is 18.1 Å². The van der Waals surface area contributed by atoms with Gasteiger partial charge in [0.2, 0.25) is 0 Å². The number of carbonyl (C=O) groups excluding carboxylic acids is 1. The molecule has 2 aromatic rings. The van der Waals surface area contributed by atoms with E-state index in [0.29, 0.717) is 11.1 Å². The summed E-state index contributed by atoms with van der Waals surface area (Å²) in [5.41, 5.74) is 1.28. The quantitative estimate of drug-likeness (QED) is 0.746. The first kappa shape index (κ1) is 11.3. The maximum absolute atomic E-state index is 13.5. The Hall–Kier alpha value is -2.23. The van der Waals surface area contributed by atoms with Crippen molar-refractivity contribution in [3.63, 3.8) is 0 Å². The number of hydrogen-bond donors (Lipinski definition) is 0. The fourth-order valence-corrected chi connectivity index (χ4v) is 1.47. The Morgan fingerprint density at radius 2 is 2.00 bits per heavy atom. The third-order valence-electron chi connectivity index (χ3n) is 2.34. The van der Waals surface area contributed by atoms with Gasteiger partial charge < -0.3 is 4.74 Å². The van der Waals surface area contributed by atoms with Crippen molar-refractivity contribution in [1.82, 2.24) is 4.98 Å². The lowest BCUT2D eigenvalue weighted by molar-refractivity contribution is 0.0594. The molecule has 0 aliphatic heterocycles. The van der Waals surface area contributed by atoms with Crippen molar-refractivity contribution in [3.05, 3.63) is 54.1 Å². The molecule has 1 heterocycles. The second-order valence-electron chi connectivity index (χ2n) is 3.40. The molecule has 0 saturated carbocycles. The van der Waals surface area contributed by atoms with Crippen LogP contribution in [0.2, 0.25) is 0 Å². The average molecular weight is 231 g/mol. The van der Waals surface area contributed by atoms with Crippen LogP contribution < -0.4 is 0 Å². The Balaban J connectivity index is 2.36. The molecule has 0 bridgehead atoms. The highest BCUT2D eigenvalue weighted by molar-refractivity contribution is 5.87. The maximum atomic E-state index is 13.5. The molecule has 0 saturated heterocycles. The molecule has 0 fully saturated rings. The first-order valence-corrected chi connectivity index (χ1v) is 5.01. The summed E-state index contributed by atoms with van der Waals surface area (Å²) >= 11 is 0. The molecule has 1 aromatic carbocycles. The van der Waals surface area contributed by atoms with Gasteiger partial charge in [0.1, 0.15) is 11.5 Å². The summed E-state index contributed by atoms with van der Waals surface area (Å²) in [4.78, 5) is 15.1. The molecule has 1 aromatic heterocycles. The molecule has 0 radical (unpaired) electrons. The topological polar surface area (TPSA) is 39.2 Å². The molecule has 0 unspecified atom stereocenters. The number of methoxy groups -OCH3 is 1. The molecule has 0 spiro atoms. The average Bonchev–Trinajstić information content (AvgIpc) is 2.39. The van der Waals surface area contributed by atoms with Crippen LogP contribution in [0.1, 0.15) is 10.5 Å². The van der Waals surface area contributed by atoms with Crippen LogP contribution in [0.15, 0.2) is 42.6 Å². The number of hydrogen-bond acceptors (Lipinski definition) is 3. The van der Waals surface area contributed by atoms with Crippen LogP contribution in [-0.2, 0) is 4.74 Å². The van der Waals surface area contributed by atoms with Gasteiger partial charge in [-0.2, -0.15) is 0 Å². The smallest absolute Gasteiger partial charge is 0.356 e. The van der Waals surface area contributed by atoms with Crippen molar-refractivity contribution in [2.45, 2.75) is 0 Å². The summed E-state index contributed by atoms with van der Waals surface area (Å²) in [6.07, 6.45) is 1.45. The number of nitrogens with zero attached hydrogens (tertiary/aromatic N) is 1. The lowest BCUT2D eigenvalue weighted by Gasteiger charge is -2.03. The molecule has 2 rings (SSSR count). The van der Waals surface area contributed by atoms with Gasteiger partial charge in [0.05, 0.1) is 7.11 Å². The van der Waals surface area contributed by atoms with E-state index in [0.717, 1.165) is 0 Å². The van der Waals surface area contributed by atoms with Crippen LogP contribution in [0.4, 0.5) is 4.39 Å². The number of rotatable bonds is 2. The Kier molecular flexibility index (Phi) is 3.14. The van der Waals surface area contributed by atoms with Crippen molar-refractivity contribution in [1.29, 1.82) is 0 Å². The number of aromatic nitrogens is 1. The van der Waals surface area contributed by atoms with Crippen LogP contribution in [0.5, 0.6) is 0 Å². The van der Waals surface area contributed by atoms with Crippen LogP contribution >= 0.6 is 0 Å². The number of benzene rings is 1. The Morgan fingerprint density at radius 1 is 1.24 bits per heavy atom. The van der Waals surface area contributed by atoms with Crippen molar-refractivity contribution in [3.8, 4) is 11.1 Å². The van der Waals surface area contributed by atoms with Gasteiger partial charge in [-0.25, -0.2) is 14.2 Å². The third-order valence-corrected chi connectivity index (χ3v) is 2.34. The Labute approximate surface area is 97.9 Å². The summed E-state index contributed by atoms with van der Waals surface area (Å²) in [7, 11) is 1.29. The van der Waals surface area contributed by atoms with E-state index in [1.807, 2.05) is 0 Å². The van der Waals surface area contributed by atoms with Gasteiger partial charge in [-0.3, -0.25) is 0 Å².